The second-order valence-corrected chi connectivity index (χ2v) is 22.2. The summed E-state index contributed by atoms with van der Waals surface area (Å²) in [5.41, 5.74) is 3.14. The number of hydrogen-bond donors (Lipinski definition) is 2. The van der Waals surface area contributed by atoms with Crippen molar-refractivity contribution in [3.8, 4) is 16.8 Å². The first-order valence-electron chi connectivity index (χ1n) is 27.9. The van der Waals surface area contributed by atoms with Crippen LogP contribution in [0.5, 0.6) is 5.75 Å². The SMILES string of the molecule is CCNC(=O)C[C@@H]1N=C(c2ccc(OCCOCCOCCOCCOCC(=O)N3CC(=O)N(c4cc(C#N)ccn4)[C@H](C(=O)N(c4cc(F)cc(F)c4)[C@H](C(=O)NC4CC(F)(F)C4)c4ccccc4Cl)C3)cc2)c2c(sc(C)c2C)-n2c(C)nnc21. The molecule has 2 fully saturated rings. The lowest BCUT2D eigenvalue weighted by molar-refractivity contribution is -0.143. The zero-order valence-electron chi connectivity index (χ0n) is 47.9. The van der Waals surface area contributed by atoms with Crippen LogP contribution in [-0.4, -0.2) is 157 Å². The van der Waals surface area contributed by atoms with E-state index < -0.39 is 104 Å². The minimum Gasteiger partial charge on any atom is -0.491 e. The number of nitriles is 1. The molecule has 2 aliphatic heterocycles. The lowest BCUT2D eigenvalue weighted by Crippen LogP contribution is -2.65. The van der Waals surface area contributed by atoms with Gasteiger partial charge in [-0.2, -0.15) is 5.26 Å². The van der Waals surface area contributed by atoms with Crippen molar-refractivity contribution in [1.82, 2.24) is 35.3 Å². The van der Waals surface area contributed by atoms with E-state index in [-0.39, 0.29) is 80.5 Å². The molecule has 3 atom stereocenters. The summed E-state index contributed by atoms with van der Waals surface area (Å²) in [6, 6.07) is 14.7. The van der Waals surface area contributed by atoms with Gasteiger partial charge < -0.3 is 39.2 Å². The van der Waals surface area contributed by atoms with Crippen LogP contribution in [0.3, 0.4) is 0 Å². The Morgan fingerprint density at radius 3 is 2.21 bits per heavy atom. The van der Waals surface area contributed by atoms with E-state index in [9.17, 15) is 33.2 Å². The number of carbonyl (C=O) groups excluding carboxylic acids is 5. The number of fused-ring (bicyclic) bond motifs is 3. The Bertz CT molecular complexity index is 3560. The summed E-state index contributed by atoms with van der Waals surface area (Å²) in [5, 5.41) is 24.8. The Hall–Kier alpha value is -8.19. The molecule has 0 unspecified atom stereocenters. The van der Waals surface area contributed by atoms with Gasteiger partial charge in [-0.3, -0.25) is 43.3 Å². The first kappa shape index (κ1) is 63.3. The number of nitrogens with one attached hydrogen (secondary N) is 2. The van der Waals surface area contributed by atoms with E-state index in [1.54, 1.807) is 11.3 Å². The van der Waals surface area contributed by atoms with Crippen LogP contribution in [0, 0.1) is 43.7 Å². The molecule has 21 nitrogen and oxygen atoms in total. The van der Waals surface area contributed by atoms with Gasteiger partial charge in [0, 0.05) is 64.3 Å². The van der Waals surface area contributed by atoms with Gasteiger partial charge in [-0.15, -0.1) is 21.5 Å². The highest BCUT2D eigenvalue weighted by molar-refractivity contribution is 7.15. The number of rotatable bonds is 26. The Morgan fingerprint density at radius 2 is 1.55 bits per heavy atom. The molecule has 3 aromatic heterocycles. The molecular formula is C60H62ClF4N11O10S. The third-order valence-corrected chi connectivity index (χ3v) is 16.1. The van der Waals surface area contributed by atoms with Crippen molar-refractivity contribution in [1.29, 1.82) is 5.26 Å². The second-order valence-electron chi connectivity index (χ2n) is 20.6. The molecule has 3 aromatic carbocycles. The molecular weight excluding hydrogens is 1180 g/mol. The van der Waals surface area contributed by atoms with Crippen LogP contribution in [0.15, 0.2) is 90.1 Å². The summed E-state index contributed by atoms with van der Waals surface area (Å²) < 4.78 is 88.8. The topological polar surface area (TPSA) is 245 Å². The van der Waals surface area contributed by atoms with Gasteiger partial charge in [0.25, 0.3) is 11.8 Å². The smallest absolute Gasteiger partial charge is 0.253 e. The number of pyridine rings is 1. The van der Waals surface area contributed by atoms with Gasteiger partial charge in [-0.1, -0.05) is 29.8 Å². The fourth-order valence-electron chi connectivity index (χ4n) is 10.2. The molecule has 3 aliphatic rings. The molecule has 87 heavy (non-hydrogen) atoms. The highest BCUT2D eigenvalue weighted by Crippen LogP contribution is 2.42. The molecule has 5 amide bonds. The number of hydrogen-bond acceptors (Lipinski definition) is 16. The maximum absolute atomic E-state index is 15.4. The third-order valence-electron chi connectivity index (χ3n) is 14.5. The van der Waals surface area contributed by atoms with Crippen molar-refractivity contribution in [2.75, 3.05) is 88.9 Å². The number of aliphatic imine (C=N–C) groups is 1. The van der Waals surface area contributed by atoms with Gasteiger partial charge in [0.2, 0.25) is 23.6 Å². The molecule has 0 bridgehead atoms. The number of thiophene rings is 1. The molecule has 1 saturated carbocycles. The normalized spacial score (nSPS) is 16.6. The predicted octanol–water partition coefficient (Wildman–Crippen LogP) is 7.25. The zero-order chi connectivity index (χ0) is 61.9. The maximum atomic E-state index is 15.4. The van der Waals surface area contributed by atoms with Crippen LogP contribution >= 0.6 is 22.9 Å². The average Bonchev–Trinajstić information content (AvgIpc) is 1.84. The minimum absolute atomic E-state index is 0.0436. The number of aryl methyl sites for hydroxylation is 2. The van der Waals surface area contributed by atoms with Crippen LogP contribution in [0.25, 0.3) is 5.00 Å². The lowest BCUT2D eigenvalue weighted by Gasteiger charge is -2.43. The van der Waals surface area contributed by atoms with Crippen LogP contribution in [0.2, 0.25) is 5.02 Å². The number of ether oxygens (including phenoxy) is 5. The van der Waals surface area contributed by atoms with Crippen molar-refractivity contribution in [3.63, 3.8) is 0 Å². The fourth-order valence-corrected chi connectivity index (χ4v) is 11.7. The first-order chi connectivity index (χ1) is 41.8. The number of nitrogens with zero attached hydrogens (tertiary/aromatic N) is 9. The van der Waals surface area contributed by atoms with E-state index in [0.29, 0.717) is 41.5 Å². The Balaban J connectivity index is 0.745. The van der Waals surface area contributed by atoms with Crippen LogP contribution in [0.1, 0.15) is 82.6 Å². The number of alkyl halides is 2. The summed E-state index contributed by atoms with van der Waals surface area (Å²) in [7, 11) is 0. The number of amides is 5. The Kier molecular flexibility index (Phi) is 20.8. The summed E-state index contributed by atoms with van der Waals surface area (Å²) >= 11 is 8.27. The average molecular weight is 1240 g/mol. The number of carbonyl (C=O) groups is 5. The molecule has 0 spiro atoms. The molecule has 2 N–H and O–H groups in total. The van der Waals surface area contributed by atoms with Crippen molar-refractivity contribution in [2.45, 2.75) is 77.0 Å². The van der Waals surface area contributed by atoms with Crippen LogP contribution < -0.4 is 25.2 Å². The second kappa shape index (κ2) is 28.5. The molecule has 0 radical (unpaired) electrons. The zero-order valence-corrected chi connectivity index (χ0v) is 49.5. The van der Waals surface area contributed by atoms with E-state index in [2.05, 4.69) is 39.7 Å². The number of benzene rings is 3. The highest BCUT2D eigenvalue weighted by Gasteiger charge is 2.49. The van der Waals surface area contributed by atoms with E-state index in [4.69, 9.17) is 40.3 Å². The van der Waals surface area contributed by atoms with Gasteiger partial charge in [-0.05, 0) is 87.9 Å². The van der Waals surface area contributed by atoms with E-state index in [1.807, 2.05) is 48.7 Å². The number of aromatic nitrogens is 4. The predicted molar refractivity (Wildman–Crippen MR) is 311 cm³/mol. The van der Waals surface area contributed by atoms with Crippen molar-refractivity contribution >= 4 is 69.7 Å². The number of anilines is 2. The Labute approximate surface area is 507 Å². The Morgan fingerprint density at radius 1 is 0.885 bits per heavy atom. The minimum atomic E-state index is -3.07. The molecule has 458 valence electrons. The maximum Gasteiger partial charge on any atom is 0.253 e. The van der Waals surface area contributed by atoms with Crippen molar-refractivity contribution < 1.29 is 65.2 Å². The summed E-state index contributed by atoms with van der Waals surface area (Å²) in [5.74, 6) is -7.54. The van der Waals surface area contributed by atoms with E-state index >= 15 is 13.6 Å². The molecule has 9 rings (SSSR count). The standard InChI is InChI=1S/C60H62ClF4N11O10S/c1-5-67-50(77)28-47-56-72-71-37(4)74(56)59-53(35(2)36(3)87-59)54(70-47)39-10-12-44(13-11-39)86-23-22-84-19-18-82-16-17-83-20-21-85-34-52(79)73-32-48(76(51(78)33-73)49-24-38(31-66)14-15-68-49)58(81)75(43-26-40(62)25-41(63)27-43)55(45-8-6-7-9-46(45)61)57(80)69-42-29-60(64,65)30-42/h6-15,24-27,42,47-48,55H,5,16-23,28-30,32-34H2,1-4H3,(H,67,77)(H,69,80)/t47-,48-,55-/m0/s1. The van der Waals surface area contributed by atoms with Crippen molar-refractivity contribution in [3.05, 3.63) is 146 Å². The van der Waals surface area contributed by atoms with E-state index in [0.717, 1.165) is 54.2 Å². The largest absolute Gasteiger partial charge is 0.491 e. The quantitative estimate of drug-likeness (QED) is 0.0402. The molecule has 5 heterocycles. The fraction of sp³-hybridized carbons (Fsp3) is 0.400. The molecule has 27 heteroatoms. The monoisotopic (exact) mass is 1240 g/mol. The summed E-state index contributed by atoms with van der Waals surface area (Å²) in [6.45, 7) is 8.16. The van der Waals surface area contributed by atoms with Crippen molar-refractivity contribution in [2.24, 2.45) is 4.99 Å². The lowest BCUT2D eigenvalue weighted by atomic mass is 9.87. The van der Waals surface area contributed by atoms with E-state index in [1.165, 1.54) is 42.6 Å². The first-order valence-corrected chi connectivity index (χ1v) is 29.1. The summed E-state index contributed by atoms with van der Waals surface area (Å²) in [6.07, 6.45) is -0.0970. The molecule has 6 aromatic rings. The number of piperazine rings is 1. The van der Waals surface area contributed by atoms with Gasteiger partial charge in [0.15, 0.2) is 5.82 Å². The highest BCUT2D eigenvalue weighted by atomic mass is 35.5. The van der Waals surface area contributed by atoms with Gasteiger partial charge >= 0.3 is 0 Å². The third kappa shape index (κ3) is 15.1. The van der Waals surface area contributed by atoms with Crippen LogP contribution in [0.4, 0.5) is 29.1 Å². The number of halogens is 5. The summed E-state index contributed by atoms with van der Waals surface area (Å²) in [4.78, 5) is 83.8. The molecule has 1 aliphatic carbocycles. The van der Waals surface area contributed by atoms with Gasteiger partial charge in [-0.25, -0.2) is 22.5 Å². The molecule has 1 saturated heterocycles. The van der Waals surface area contributed by atoms with Gasteiger partial charge in [0.1, 0.15) is 71.9 Å². The van der Waals surface area contributed by atoms with Crippen LogP contribution in [-0.2, 0) is 42.9 Å². The van der Waals surface area contributed by atoms with Gasteiger partial charge in [0.05, 0.1) is 82.2 Å².